The molecule has 0 atom stereocenters. The summed E-state index contributed by atoms with van der Waals surface area (Å²) in [6, 6.07) is 11.6. The number of pyridine rings is 1. The zero-order valence-corrected chi connectivity index (χ0v) is 12.9. The predicted molar refractivity (Wildman–Crippen MR) is 91.8 cm³/mol. The van der Waals surface area contributed by atoms with E-state index < -0.39 is 0 Å². The average Bonchev–Trinajstić information content (AvgIpc) is 3.28. The molecule has 3 aromatic carbocycles. The van der Waals surface area contributed by atoms with E-state index in [1.54, 1.807) is 0 Å². The first-order valence-corrected chi connectivity index (χ1v) is 7.90. The number of benzene rings is 3. The fourth-order valence-corrected chi connectivity index (χ4v) is 3.67. The lowest BCUT2D eigenvalue weighted by Crippen LogP contribution is -2.07. The second-order valence-corrected chi connectivity index (χ2v) is 6.09. The van der Waals surface area contributed by atoms with Crippen LogP contribution in [-0.4, -0.2) is 18.6 Å². The highest BCUT2D eigenvalue weighted by Crippen LogP contribution is 2.42. The fraction of sp³-hybridized carbons (Fsp3) is 0.105. The molecule has 3 heterocycles. The smallest absolute Gasteiger partial charge is 0.260 e. The Morgan fingerprint density at radius 3 is 2.44 bits per heavy atom. The minimum Gasteiger partial charge on any atom is -0.454 e. The number of rotatable bonds is 0. The molecule has 0 saturated carbocycles. The van der Waals surface area contributed by atoms with Gasteiger partial charge in [-0.15, -0.1) is 0 Å². The summed E-state index contributed by atoms with van der Waals surface area (Å²) in [5.41, 5.74) is 0.571. The molecule has 0 spiro atoms. The second-order valence-electron chi connectivity index (χ2n) is 6.09. The molecule has 2 aliphatic heterocycles. The molecule has 2 aliphatic rings. The molecule has 0 bridgehead atoms. The van der Waals surface area contributed by atoms with Crippen molar-refractivity contribution in [3.63, 3.8) is 0 Å². The molecule has 1 aromatic heterocycles. The predicted octanol–water partition coefficient (Wildman–Crippen LogP) is 3.29. The number of aromatic amines is 1. The van der Waals surface area contributed by atoms with Gasteiger partial charge in [-0.1, -0.05) is 12.1 Å². The van der Waals surface area contributed by atoms with Gasteiger partial charge in [0.05, 0.1) is 10.9 Å². The fourth-order valence-electron chi connectivity index (χ4n) is 3.67. The van der Waals surface area contributed by atoms with Crippen LogP contribution in [0.3, 0.4) is 0 Å². The highest BCUT2D eigenvalue weighted by molar-refractivity contribution is 6.16. The zero-order chi connectivity index (χ0) is 16.5. The number of nitrogens with one attached hydrogen (secondary N) is 1. The van der Waals surface area contributed by atoms with Crippen molar-refractivity contribution in [3.05, 3.63) is 46.8 Å². The molecule has 0 saturated heterocycles. The van der Waals surface area contributed by atoms with Gasteiger partial charge in [-0.2, -0.15) is 0 Å². The molecule has 25 heavy (non-hydrogen) atoms. The Hall–Kier alpha value is -3.41. The summed E-state index contributed by atoms with van der Waals surface area (Å²) < 4.78 is 21.8. The van der Waals surface area contributed by atoms with Crippen LogP contribution in [0.5, 0.6) is 23.0 Å². The van der Waals surface area contributed by atoms with Crippen LogP contribution >= 0.6 is 0 Å². The lowest BCUT2D eigenvalue weighted by molar-refractivity contribution is 0.174. The van der Waals surface area contributed by atoms with E-state index in [0.29, 0.717) is 22.6 Å². The van der Waals surface area contributed by atoms with E-state index in [2.05, 4.69) is 4.98 Å². The van der Waals surface area contributed by atoms with Crippen LogP contribution in [-0.2, 0) is 0 Å². The largest absolute Gasteiger partial charge is 0.454 e. The van der Waals surface area contributed by atoms with Gasteiger partial charge in [-0.3, -0.25) is 4.79 Å². The maximum Gasteiger partial charge on any atom is 0.260 e. The second kappa shape index (κ2) is 4.36. The molecule has 6 heteroatoms. The van der Waals surface area contributed by atoms with Gasteiger partial charge in [0.25, 0.3) is 5.56 Å². The van der Waals surface area contributed by atoms with Gasteiger partial charge in [0, 0.05) is 16.2 Å². The Balaban J connectivity index is 1.80. The molecular weight excluding hydrogens is 322 g/mol. The van der Waals surface area contributed by atoms with E-state index in [4.69, 9.17) is 18.9 Å². The number of fused-ring (bicyclic) bond motifs is 8. The third-order valence-corrected chi connectivity index (χ3v) is 4.81. The Kier molecular flexibility index (Phi) is 2.26. The molecule has 6 rings (SSSR count). The SMILES string of the molecule is O=c1[nH]c2c3cc4c(cc3ccc2c2ccc3c(c12)OCO3)OCO4. The molecule has 0 fully saturated rings. The Morgan fingerprint density at radius 2 is 1.52 bits per heavy atom. The van der Waals surface area contributed by atoms with Crippen LogP contribution in [0.15, 0.2) is 41.2 Å². The summed E-state index contributed by atoms with van der Waals surface area (Å²) in [6.45, 7) is 0.347. The van der Waals surface area contributed by atoms with Crippen LogP contribution < -0.4 is 24.5 Å². The monoisotopic (exact) mass is 333 g/mol. The van der Waals surface area contributed by atoms with E-state index in [1.165, 1.54) is 0 Å². The standard InChI is InChI=1S/C19H11NO5/c21-19-16-10(3-4-13-18(16)25-8-22-13)11-2-1-9-5-14-15(24-7-23-14)6-12(9)17(11)20-19/h1-6H,7-8H2,(H,20,21). The first-order chi connectivity index (χ1) is 12.3. The van der Waals surface area contributed by atoms with E-state index in [9.17, 15) is 4.79 Å². The number of H-pyrrole nitrogens is 1. The van der Waals surface area contributed by atoms with Gasteiger partial charge in [0.15, 0.2) is 23.0 Å². The van der Waals surface area contributed by atoms with Crippen LogP contribution in [0.25, 0.3) is 32.4 Å². The first kappa shape index (κ1) is 12.9. The number of hydrogen-bond donors (Lipinski definition) is 1. The lowest BCUT2D eigenvalue weighted by atomic mass is 10.0. The van der Waals surface area contributed by atoms with Crippen LogP contribution in [0.1, 0.15) is 0 Å². The lowest BCUT2D eigenvalue weighted by Gasteiger charge is -2.09. The van der Waals surface area contributed by atoms with Crippen molar-refractivity contribution in [1.29, 1.82) is 0 Å². The molecule has 0 radical (unpaired) electrons. The van der Waals surface area contributed by atoms with Crippen molar-refractivity contribution in [1.82, 2.24) is 4.98 Å². The molecule has 1 N–H and O–H groups in total. The average molecular weight is 333 g/mol. The van der Waals surface area contributed by atoms with Crippen molar-refractivity contribution >= 4 is 32.4 Å². The normalized spacial score (nSPS) is 14.7. The molecule has 4 aromatic rings. The number of hydrogen-bond acceptors (Lipinski definition) is 5. The first-order valence-electron chi connectivity index (χ1n) is 7.90. The van der Waals surface area contributed by atoms with Crippen molar-refractivity contribution in [3.8, 4) is 23.0 Å². The summed E-state index contributed by atoms with van der Waals surface area (Å²) in [6.07, 6.45) is 0. The maximum atomic E-state index is 12.8. The summed E-state index contributed by atoms with van der Waals surface area (Å²) in [7, 11) is 0. The Bertz CT molecular complexity index is 1270. The summed E-state index contributed by atoms with van der Waals surface area (Å²) in [5, 5.41) is 4.19. The highest BCUT2D eigenvalue weighted by Gasteiger charge is 2.22. The summed E-state index contributed by atoms with van der Waals surface area (Å²) in [4.78, 5) is 15.8. The highest BCUT2D eigenvalue weighted by atomic mass is 16.7. The van der Waals surface area contributed by atoms with E-state index in [1.807, 2.05) is 36.4 Å². The summed E-state index contributed by atoms with van der Waals surface area (Å²) >= 11 is 0. The molecule has 122 valence electrons. The van der Waals surface area contributed by atoms with E-state index in [-0.39, 0.29) is 19.1 Å². The van der Waals surface area contributed by atoms with Gasteiger partial charge < -0.3 is 23.9 Å². The van der Waals surface area contributed by atoms with Crippen molar-refractivity contribution in [2.24, 2.45) is 0 Å². The zero-order valence-electron chi connectivity index (χ0n) is 12.9. The van der Waals surface area contributed by atoms with Gasteiger partial charge in [0.1, 0.15) is 0 Å². The molecular formula is C19H11NO5. The number of ether oxygens (including phenoxy) is 4. The van der Waals surface area contributed by atoms with Crippen molar-refractivity contribution < 1.29 is 18.9 Å². The van der Waals surface area contributed by atoms with Crippen molar-refractivity contribution in [2.45, 2.75) is 0 Å². The van der Waals surface area contributed by atoms with Crippen molar-refractivity contribution in [2.75, 3.05) is 13.6 Å². The summed E-state index contributed by atoms with van der Waals surface area (Å²) in [5.74, 6) is 2.51. The molecule has 6 nitrogen and oxygen atoms in total. The maximum absolute atomic E-state index is 12.8. The van der Waals surface area contributed by atoms with E-state index >= 15 is 0 Å². The Morgan fingerprint density at radius 1 is 0.760 bits per heavy atom. The topological polar surface area (TPSA) is 69.8 Å². The minimum atomic E-state index is -0.199. The molecule has 0 unspecified atom stereocenters. The van der Waals surface area contributed by atoms with Crippen LogP contribution in [0.2, 0.25) is 0 Å². The van der Waals surface area contributed by atoms with Gasteiger partial charge in [-0.05, 0) is 29.7 Å². The Labute approximate surface area is 140 Å². The molecule has 0 amide bonds. The minimum absolute atomic E-state index is 0.132. The third kappa shape index (κ3) is 1.60. The van der Waals surface area contributed by atoms with E-state index in [0.717, 1.165) is 32.8 Å². The number of aromatic nitrogens is 1. The third-order valence-electron chi connectivity index (χ3n) is 4.81. The molecule has 0 aliphatic carbocycles. The van der Waals surface area contributed by atoms with Gasteiger partial charge in [-0.25, -0.2) is 0 Å². The van der Waals surface area contributed by atoms with Crippen LogP contribution in [0, 0.1) is 0 Å². The van der Waals surface area contributed by atoms with Gasteiger partial charge >= 0.3 is 0 Å². The quantitative estimate of drug-likeness (QED) is 0.500. The van der Waals surface area contributed by atoms with Gasteiger partial charge in [0.2, 0.25) is 13.6 Å². The van der Waals surface area contributed by atoms with Crippen LogP contribution in [0.4, 0.5) is 0 Å².